The molecule has 1 N–H and O–H groups in total. The van der Waals surface area contributed by atoms with Gasteiger partial charge in [0.15, 0.2) is 0 Å². The van der Waals surface area contributed by atoms with Crippen LogP contribution in [0.25, 0.3) is 0 Å². The summed E-state index contributed by atoms with van der Waals surface area (Å²) in [5.74, 6) is 0.564. The van der Waals surface area contributed by atoms with Gasteiger partial charge in [-0.1, -0.05) is 0 Å². The van der Waals surface area contributed by atoms with Gasteiger partial charge in [-0.25, -0.2) is 0 Å². The van der Waals surface area contributed by atoms with E-state index in [1.54, 1.807) is 0 Å². The first-order valence-electron chi connectivity index (χ1n) is 6.80. The molecule has 3 rings (SSSR count). The molecule has 0 radical (unpaired) electrons. The highest BCUT2D eigenvalue weighted by atomic mass is 15.2. The molecule has 0 aliphatic carbocycles. The van der Waals surface area contributed by atoms with Gasteiger partial charge in [-0.15, -0.1) is 0 Å². The first-order valence-corrected chi connectivity index (χ1v) is 6.80. The number of aromatic amines is 1. The normalized spacial score (nSPS) is 20.6. The molecule has 2 aromatic rings. The number of nitrogens with zero attached hydrogens (tertiary/aromatic N) is 4. The van der Waals surface area contributed by atoms with Crippen LogP contribution in [0, 0.1) is 6.92 Å². The maximum absolute atomic E-state index is 4.44. The molecule has 0 bridgehead atoms. The number of aromatic nitrogens is 4. The SMILES string of the molecule is Cc1cnc(CN2CCC[C@H](c3ccn[nH]3)C2)cn1. The molecule has 100 valence electrons. The molecule has 0 saturated carbocycles. The van der Waals surface area contributed by atoms with Crippen molar-refractivity contribution in [3.8, 4) is 0 Å². The van der Waals surface area contributed by atoms with Crippen molar-refractivity contribution in [3.05, 3.63) is 41.7 Å². The highest BCUT2D eigenvalue weighted by Gasteiger charge is 2.22. The topological polar surface area (TPSA) is 57.7 Å². The van der Waals surface area contributed by atoms with Crippen molar-refractivity contribution in [1.29, 1.82) is 0 Å². The Morgan fingerprint density at radius 2 is 2.32 bits per heavy atom. The predicted octanol–water partition coefficient (Wildman–Crippen LogP) is 1.89. The highest BCUT2D eigenvalue weighted by molar-refractivity contribution is 5.08. The molecule has 0 aromatic carbocycles. The van der Waals surface area contributed by atoms with E-state index in [9.17, 15) is 0 Å². The lowest BCUT2D eigenvalue weighted by molar-refractivity contribution is 0.196. The Morgan fingerprint density at radius 1 is 1.37 bits per heavy atom. The monoisotopic (exact) mass is 257 g/mol. The highest BCUT2D eigenvalue weighted by Crippen LogP contribution is 2.25. The van der Waals surface area contributed by atoms with Crippen molar-refractivity contribution < 1.29 is 0 Å². The fourth-order valence-corrected chi connectivity index (χ4v) is 2.68. The van der Waals surface area contributed by atoms with Crippen LogP contribution in [0.3, 0.4) is 0 Å². The molecule has 19 heavy (non-hydrogen) atoms. The Labute approximate surface area is 113 Å². The maximum atomic E-state index is 4.44. The summed E-state index contributed by atoms with van der Waals surface area (Å²) in [6.45, 7) is 5.06. The molecule has 3 heterocycles. The minimum Gasteiger partial charge on any atom is -0.297 e. The fraction of sp³-hybridized carbons (Fsp3) is 0.500. The second-order valence-corrected chi connectivity index (χ2v) is 5.24. The third-order valence-corrected chi connectivity index (χ3v) is 3.69. The van der Waals surface area contributed by atoms with Gasteiger partial charge in [-0.2, -0.15) is 5.10 Å². The van der Waals surface area contributed by atoms with Gasteiger partial charge in [0.05, 0.1) is 11.4 Å². The van der Waals surface area contributed by atoms with Crippen molar-refractivity contribution in [1.82, 2.24) is 25.1 Å². The minimum absolute atomic E-state index is 0.564. The Bertz CT molecular complexity index is 505. The Morgan fingerprint density at radius 3 is 3.05 bits per heavy atom. The van der Waals surface area contributed by atoms with Crippen molar-refractivity contribution >= 4 is 0 Å². The van der Waals surface area contributed by atoms with Gasteiger partial charge in [-0.3, -0.25) is 20.0 Å². The van der Waals surface area contributed by atoms with Crippen LogP contribution in [0.5, 0.6) is 0 Å². The van der Waals surface area contributed by atoms with Crippen molar-refractivity contribution in [3.63, 3.8) is 0 Å². The average molecular weight is 257 g/mol. The molecule has 1 atom stereocenters. The lowest BCUT2D eigenvalue weighted by atomic mass is 9.95. The Balaban J connectivity index is 1.64. The van der Waals surface area contributed by atoms with Crippen LogP contribution in [-0.2, 0) is 6.54 Å². The fourth-order valence-electron chi connectivity index (χ4n) is 2.68. The zero-order valence-corrected chi connectivity index (χ0v) is 11.2. The number of likely N-dealkylation sites (tertiary alicyclic amines) is 1. The molecular formula is C14H19N5. The number of piperidine rings is 1. The largest absolute Gasteiger partial charge is 0.297 e. The predicted molar refractivity (Wildman–Crippen MR) is 72.6 cm³/mol. The minimum atomic E-state index is 0.564. The number of H-pyrrole nitrogens is 1. The van der Waals surface area contributed by atoms with Crippen molar-refractivity contribution in [2.75, 3.05) is 13.1 Å². The van der Waals surface area contributed by atoms with E-state index in [0.29, 0.717) is 5.92 Å². The standard InChI is InChI=1S/C14H19N5/c1-11-7-16-13(8-15-11)10-19-6-2-3-12(9-19)14-4-5-17-18-14/h4-5,7-8,12H,2-3,6,9-10H2,1H3,(H,17,18)/t12-/m0/s1. The first kappa shape index (κ1) is 12.3. The van der Waals surface area contributed by atoms with Crippen molar-refractivity contribution in [2.45, 2.75) is 32.2 Å². The Kier molecular flexibility index (Phi) is 3.55. The lowest BCUT2D eigenvalue weighted by Gasteiger charge is -2.31. The molecule has 0 amide bonds. The molecule has 0 spiro atoms. The maximum Gasteiger partial charge on any atom is 0.0727 e. The van der Waals surface area contributed by atoms with E-state index in [1.807, 2.05) is 25.5 Å². The number of hydrogen-bond donors (Lipinski definition) is 1. The molecule has 1 aliphatic rings. The number of hydrogen-bond acceptors (Lipinski definition) is 4. The molecule has 5 nitrogen and oxygen atoms in total. The van der Waals surface area contributed by atoms with E-state index in [-0.39, 0.29) is 0 Å². The summed E-state index contributed by atoms with van der Waals surface area (Å²) in [6, 6.07) is 2.08. The van der Waals surface area contributed by atoms with Gasteiger partial charge in [-0.05, 0) is 32.4 Å². The molecule has 1 saturated heterocycles. The molecule has 5 heteroatoms. The zero-order valence-electron chi connectivity index (χ0n) is 11.2. The second kappa shape index (κ2) is 5.48. The lowest BCUT2D eigenvalue weighted by Crippen LogP contribution is -2.34. The second-order valence-electron chi connectivity index (χ2n) is 5.24. The zero-order chi connectivity index (χ0) is 13.1. The van der Waals surface area contributed by atoms with Crippen LogP contribution >= 0.6 is 0 Å². The van der Waals surface area contributed by atoms with Crippen LogP contribution < -0.4 is 0 Å². The van der Waals surface area contributed by atoms with Gasteiger partial charge in [0.25, 0.3) is 0 Å². The summed E-state index contributed by atoms with van der Waals surface area (Å²) < 4.78 is 0. The quantitative estimate of drug-likeness (QED) is 0.912. The number of nitrogens with one attached hydrogen (secondary N) is 1. The molecule has 1 fully saturated rings. The third kappa shape index (κ3) is 2.98. The van der Waals surface area contributed by atoms with E-state index in [0.717, 1.165) is 31.0 Å². The molecule has 0 unspecified atom stereocenters. The molecular weight excluding hydrogens is 238 g/mol. The summed E-state index contributed by atoms with van der Waals surface area (Å²) in [5.41, 5.74) is 3.27. The average Bonchev–Trinajstić information content (AvgIpc) is 2.96. The molecule has 1 aliphatic heterocycles. The summed E-state index contributed by atoms with van der Waals surface area (Å²) in [4.78, 5) is 11.2. The third-order valence-electron chi connectivity index (χ3n) is 3.69. The van der Waals surface area contributed by atoms with E-state index in [2.05, 4.69) is 31.1 Å². The Hall–Kier alpha value is -1.75. The van der Waals surface area contributed by atoms with Crippen molar-refractivity contribution in [2.24, 2.45) is 0 Å². The van der Waals surface area contributed by atoms with Crippen LogP contribution in [0.2, 0.25) is 0 Å². The van der Waals surface area contributed by atoms with Crippen LogP contribution in [-0.4, -0.2) is 38.2 Å². The van der Waals surface area contributed by atoms with Crippen LogP contribution in [0.4, 0.5) is 0 Å². The van der Waals surface area contributed by atoms with E-state index in [1.165, 1.54) is 18.5 Å². The first-order chi connectivity index (χ1) is 9.31. The number of aryl methyl sites for hydroxylation is 1. The van der Waals surface area contributed by atoms with Gasteiger partial charge < -0.3 is 0 Å². The van der Waals surface area contributed by atoms with E-state index in [4.69, 9.17) is 0 Å². The van der Waals surface area contributed by atoms with Gasteiger partial charge in [0.2, 0.25) is 0 Å². The van der Waals surface area contributed by atoms with Crippen LogP contribution in [0.15, 0.2) is 24.7 Å². The van der Waals surface area contributed by atoms with Gasteiger partial charge in [0, 0.05) is 43.3 Å². The van der Waals surface area contributed by atoms with E-state index >= 15 is 0 Å². The number of rotatable bonds is 3. The van der Waals surface area contributed by atoms with E-state index < -0.39 is 0 Å². The summed E-state index contributed by atoms with van der Waals surface area (Å²) in [7, 11) is 0. The van der Waals surface area contributed by atoms with Gasteiger partial charge >= 0.3 is 0 Å². The summed E-state index contributed by atoms with van der Waals surface area (Å²) >= 11 is 0. The smallest absolute Gasteiger partial charge is 0.0727 e. The summed E-state index contributed by atoms with van der Waals surface area (Å²) in [5, 5.41) is 7.14. The van der Waals surface area contributed by atoms with Crippen LogP contribution in [0.1, 0.15) is 35.8 Å². The molecule has 2 aromatic heterocycles. The summed E-state index contributed by atoms with van der Waals surface area (Å²) in [6.07, 6.45) is 8.02. The van der Waals surface area contributed by atoms with Gasteiger partial charge in [0.1, 0.15) is 0 Å².